The van der Waals surface area contributed by atoms with Gasteiger partial charge in [0.1, 0.15) is 5.70 Å². The van der Waals surface area contributed by atoms with E-state index in [1.165, 1.54) is 0 Å². The van der Waals surface area contributed by atoms with E-state index in [0.29, 0.717) is 18.7 Å². The van der Waals surface area contributed by atoms with E-state index in [9.17, 15) is 14.4 Å². The fourth-order valence-electron chi connectivity index (χ4n) is 3.91. The van der Waals surface area contributed by atoms with Crippen molar-refractivity contribution < 1.29 is 14.4 Å². The van der Waals surface area contributed by atoms with Crippen LogP contribution in [0.25, 0.3) is 0 Å². The minimum absolute atomic E-state index is 0.0485. The highest BCUT2D eigenvalue weighted by Gasteiger charge is 2.39. The number of aryl methyl sites for hydroxylation is 1. The molecule has 1 aromatic carbocycles. The molecule has 3 amide bonds. The lowest BCUT2D eigenvalue weighted by Crippen LogP contribution is -2.57. The molecule has 30 heavy (non-hydrogen) atoms. The van der Waals surface area contributed by atoms with E-state index in [1.54, 1.807) is 11.8 Å². The Bertz CT molecular complexity index is 908. The molecule has 3 aliphatic rings. The second-order valence-corrected chi connectivity index (χ2v) is 8.37. The van der Waals surface area contributed by atoms with Gasteiger partial charge in [-0.05, 0) is 50.0 Å². The van der Waals surface area contributed by atoms with Gasteiger partial charge in [-0.15, -0.1) is 0 Å². The van der Waals surface area contributed by atoms with Crippen LogP contribution in [-0.2, 0) is 14.4 Å². The van der Waals surface area contributed by atoms with Crippen LogP contribution in [0.15, 0.2) is 30.0 Å². The highest BCUT2D eigenvalue weighted by atomic mass is 16.2. The van der Waals surface area contributed by atoms with Crippen molar-refractivity contribution in [3.8, 4) is 0 Å². The standard InChI is InChI=1S/C22H29N5O3/c1-4-20(28)23-12-26-11-14(3)27-19(22(26)30)10-18(25-27)16-8-5-13(2)9-17(16)24-21(29)15-6-7-15/h5,8-10,14-15,18,25H,4,6-7,11-12H2,1-3H3,(H,23,28)(H,24,29). The number of carbonyl (C=O) groups excluding carboxylic acids is 3. The van der Waals surface area contributed by atoms with Gasteiger partial charge in [-0.25, -0.2) is 5.43 Å². The minimum Gasteiger partial charge on any atom is -0.338 e. The van der Waals surface area contributed by atoms with Gasteiger partial charge in [0.05, 0.1) is 18.8 Å². The van der Waals surface area contributed by atoms with Crippen molar-refractivity contribution in [1.82, 2.24) is 20.7 Å². The van der Waals surface area contributed by atoms with E-state index in [0.717, 1.165) is 29.7 Å². The van der Waals surface area contributed by atoms with Gasteiger partial charge in [0, 0.05) is 24.6 Å². The summed E-state index contributed by atoms with van der Waals surface area (Å²) in [6.45, 7) is 6.54. The maximum Gasteiger partial charge on any atom is 0.272 e. The Morgan fingerprint density at radius 3 is 2.73 bits per heavy atom. The molecule has 1 saturated carbocycles. The molecule has 0 bridgehead atoms. The van der Waals surface area contributed by atoms with Gasteiger partial charge in [-0.1, -0.05) is 19.1 Å². The molecule has 1 aliphatic carbocycles. The molecule has 3 N–H and O–H groups in total. The number of amides is 3. The van der Waals surface area contributed by atoms with E-state index in [1.807, 2.05) is 43.1 Å². The molecule has 160 valence electrons. The first-order chi connectivity index (χ1) is 14.4. The Morgan fingerprint density at radius 2 is 2.03 bits per heavy atom. The van der Waals surface area contributed by atoms with Gasteiger partial charge in [-0.3, -0.25) is 19.4 Å². The molecule has 2 heterocycles. The van der Waals surface area contributed by atoms with E-state index < -0.39 is 0 Å². The van der Waals surface area contributed by atoms with Crippen molar-refractivity contribution in [3.63, 3.8) is 0 Å². The number of hydrogen-bond acceptors (Lipinski definition) is 5. The Morgan fingerprint density at radius 1 is 1.27 bits per heavy atom. The molecule has 0 radical (unpaired) electrons. The minimum atomic E-state index is -0.216. The molecule has 2 aliphatic heterocycles. The van der Waals surface area contributed by atoms with Crippen molar-refractivity contribution in [3.05, 3.63) is 41.1 Å². The number of rotatable bonds is 6. The van der Waals surface area contributed by atoms with Gasteiger partial charge < -0.3 is 15.5 Å². The summed E-state index contributed by atoms with van der Waals surface area (Å²) in [5, 5.41) is 7.75. The average molecular weight is 412 g/mol. The summed E-state index contributed by atoms with van der Waals surface area (Å²) < 4.78 is 0. The van der Waals surface area contributed by atoms with Crippen molar-refractivity contribution >= 4 is 23.4 Å². The number of hydrogen-bond donors (Lipinski definition) is 3. The average Bonchev–Trinajstić information content (AvgIpc) is 3.48. The predicted molar refractivity (Wildman–Crippen MR) is 113 cm³/mol. The fourth-order valence-corrected chi connectivity index (χ4v) is 3.91. The SMILES string of the molecule is CCC(=O)NCN1CC(C)N2NC(c3ccc(C)cc3NC(=O)C3CC3)C=C2C1=O. The first-order valence-electron chi connectivity index (χ1n) is 10.6. The van der Waals surface area contributed by atoms with Gasteiger partial charge in [0.15, 0.2) is 0 Å². The molecule has 2 unspecified atom stereocenters. The molecule has 2 fully saturated rings. The highest BCUT2D eigenvalue weighted by molar-refractivity contribution is 5.96. The summed E-state index contributed by atoms with van der Waals surface area (Å²) in [6, 6.07) is 5.82. The summed E-state index contributed by atoms with van der Waals surface area (Å²) in [5.74, 6) is -0.0132. The monoisotopic (exact) mass is 411 g/mol. The fraction of sp³-hybridized carbons (Fsp3) is 0.500. The summed E-state index contributed by atoms with van der Waals surface area (Å²) in [4.78, 5) is 38.6. The van der Waals surface area contributed by atoms with Crippen LogP contribution in [0.2, 0.25) is 0 Å². The number of anilines is 1. The van der Waals surface area contributed by atoms with Crippen LogP contribution in [0.4, 0.5) is 5.69 Å². The highest BCUT2D eigenvalue weighted by Crippen LogP contribution is 2.35. The van der Waals surface area contributed by atoms with E-state index in [2.05, 4.69) is 16.1 Å². The quantitative estimate of drug-likeness (QED) is 0.664. The van der Waals surface area contributed by atoms with Gasteiger partial charge in [0.2, 0.25) is 11.8 Å². The van der Waals surface area contributed by atoms with Crippen LogP contribution in [-0.4, -0.2) is 46.9 Å². The first kappa shape index (κ1) is 20.4. The molecule has 8 nitrogen and oxygen atoms in total. The third-order valence-electron chi connectivity index (χ3n) is 5.83. The Balaban J connectivity index is 1.55. The zero-order valence-corrected chi connectivity index (χ0v) is 17.7. The zero-order valence-electron chi connectivity index (χ0n) is 17.7. The van der Waals surface area contributed by atoms with E-state index in [4.69, 9.17) is 0 Å². The molecule has 0 spiro atoms. The lowest BCUT2D eigenvalue weighted by molar-refractivity contribution is -0.135. The summed E-state index contributed by atoms with van der Waals surface area (Å²) >= 11 is 0. The lowest BCUT2D eigenvalue weighted by atomic mass is 10.0. The normalized spacial score (nSPS) is 23.2. The number of piperazine rings is 1. The molecular formula is C22H29N5O3. The maximum absolute atomic E-state index is 13.0. The van der Waals surface area contributed by atoms with E-state index in [-0.39, 0.29) is 42.4 Å². The Hall–Kier alpha value is -2.87. The Kier molecular flexibility index (Phi) is 5.51. The largest absolute Gasteiger partial charge is 0.338 e. The summed E-state index contributed by atoms with van der Waals surface area (Å²) in [6.07, 6.45) is 4.19. The van der Waals surface area contributed by atoms with Crippen LogP contribution in [0.5, 0.6) is 0 Å². The number of hydrazine groups is 1. The lowest BCUT2D eigenvalue weighted by Gasteiger charge is -2.39. The topological polar surface area (TPSA) is 93.8 Å². The van der Waals surface area contributed by atoms with Gasteiger partial charge in [-0.2, -0.15) is 0 Å². The number of carbonyl (C=O) groups is 3. The molecule has 1 aromatic rings. The molecular weight excluding hydrogens is 382 g/mol. The maximum atomic E-state index is 13.0. The van der Waals surface area contributed by atoms with Crippen LogP contribution in [0, 0.1) is 12.8 Å². The molecule has 0 aromatic heterocycles. The van der Waals surface area contributed by atoms with Crippen molar-refractivity contribution in [2.75, 3.05) is 18.5 Å². The second-order valence-electron chi connectivity index (χ2n) is 8.37. The third kappa shape index (κ3) is 4.05. The smallest absolute Gasteiger partial charge is 0.272 e. The summed E-state index contributed by atoms with van der Waals surface area (Å²) in [7, 11) is 0. The number of fused-ring (bicyclic) bond motifs is 1. The zero-order chi connectivity index (χ0) is 21.4. The van der Waals surface area contributed by atoms with Gasteiger partial charge >= 0.3 is 0 Å². The third-order valence-corrected chi connectivity index (χ3v) is 5.83. The number of nitrogens with zero attached hydrogens (tertiary/aromatic N) is 2. The molecule has 1 saturated heterocycles. The molecule has 8 heteroatoms. The van der Waals surface area contributed by atoms with Crippen LogP contribution >= 0.6 is 0 Å². The Labute approximate surface area is 176 Å². The van der Waals surface area contributed by atoms with Crippen molar-refractivity contribution in [2.45, 2.75) is 52.1 Å². The second kappa shape index (κ2) is 8.10. The van der Waals surface area contributed by atoms with Crippen LogP contribution < -0.4 is 16.1 Å². The first-order valence-corrected chi connectivity index (χ1v) is 10.6. The molecule has 4 rings (SSSR count). The molecule has 2 atom stereocenters. The van der Waals surface area contributed by atoms with Crippen molar-refractivity contribution in [1.29, 1.82) is 0 Å². The predicted octanol–water partition coefficient (Wildman–Crippen LogP) is 1.80. The van der Waals surface area contributed by atoms with Crippen molar-refractivity contribution in [2.24, 2.45) is 5.92 Å². The summed E-state index contributed by atoms with van der Waals surface area (Å²) in [5.41, 5.74) is 6.78. The number of benzene rings is 1. The van der Waals surface area contributed by atoms with Crippen LogP contribution in [0.1, 0.15) is 50.3 Å². The van der Waals surface area contributed by atoms with E-state index >= 15 is 0 Å². The number of nitrogens with one attached hydrogen (secondary N) is 3. The van der Waals surface area contributed by atoms with Gasteiger partial charge in [0.25, 0.3) is 5.91 Å². The van der Waals surface area contributed by atoms with Crippen LogP contribution in [0.3, 0.4) is 0 Å².